The third-order valence-electron chi connectivity index (χ3n) is 3.19. The zero-order valence-electron chi connectivity index (χ0n) is 9.94. The first-order valence-electron chi connectivity index (χ1n) is 5.70. The van der Waals surface area contributed by atoms with Gasteiger partial charge in [-0.3, -0.25) is 9.69 Å². The summed E-state index contributed by atoms with van der Waals surface area (Å²) in [5, 5.41) is 3.67. The summed E-state index contributed by atoms with van der Waals surface area (Å²) in [5.41, 5.74) is -0.0395. The van der Waals surface area contributed by atoms with Crippen molar-refractivity contribution in [1.82, 2.24) is 0 Å². The molecule has 1 heterocycles. The quantitative estimate of drug-likeness (QED) is 0.786. The lowest BCUT2D eigenvalue weighted by Gasteiger charge is -2.19. The van der Waals surface area contributed by atoms with Gasteiger partial charge in [-0.05, 0) is 22.7 Å². The smallest absolute Gasteiger partial charge is 0.298 e. The van der Waals surface area contributed by atoms with Crippen LogP contribution in [0.1, 0.15) is 10.4 Å². The highest BCUT2D eigenvalue weighted by Gasteiger charge is 2.40. The van der Waals surface area contributed by atoms with Crippen molar-refractivity contribution in [3.8, 4) is 0 Å². The van der Waals surface area contributed by atoms with Crippen molar-refractivity contribution in [1.29, 1.82) is 0 Å². The lowest BCUT2D eigenvalue weighted by atomic mass is 10.0. The van der Waals surface area contributed by atoms with Gasteiger partial charge in [-0.15, -0.1) is 4.91 Å². The van der Waals surface area contributed by atoms with Crippen LogP contribution in [-0.2, 0) is 0 Å². The van der Waals surface area contributed by atoms with E-state index in [-0.39, 0.29) is 16.9 Å². The number of nitroso groups, excluding NO2 is 1. The van der Waals surface area contributed by atoms with E-state index in [0.717, 1.165) is 0 Å². The van der Waals surface area contributed by atoms with Gasteiger partial charge in [0, 0.05) is 5.39 Å². The van der Waals surface area contributed by atoms with Crippen LogP contribution in [0, 0.1) is 4.91 Å². The molecular formula is C13H7F3N2O2. The van der Waals surface area contributed by atoms with Crippen LogP contribution in [0.15, 0.2) is 35.5 Å². The highest BCUT2D eigenvalue weighted by molar-refractivity contribution is 6.27. The van der Waals surface area contributed by atoms with E-state index in [2.05, 4.69) is 5.18 Å². The highest BCUT2D eigenvalue weighted by atomic mass is 19.4. The van der Waals surface area contributed by atoms with Crippen LogP contribution < -0.4 is 4.90 Å². The largest absolute Gasteiger partial charge is 0.406 e. The molecule has 102 valence electrons. The molecule has 0 bridgehead atoms. The van der Waals surface area contributed by atoms with Gasteiger partial charge in [0.05, 0.1) is 11.3 Å². The van der Waals surface area contributed by atoms with Crippen LogP contribution in [0.25, 0.3) is 10.8 Å². The van der Waals surface area contributed by atoms with Gasteiger partial charge in [0.1, 0.15) is 12.2 Å². The summed E-state index contributed by atoms with van der Waals surface area (Å²) in [6, 6.07) is 7.56. The van der Waals surface area contributed by atoms with Crippen molar-refractivity contribution in [2.75, 3.05) is 11.4 Å². The zero-order valence-corrected chi connectivity index (χ0v) is 9.94. The average Bonchev–Trinajstić information content (AvgIpc) is 2.66. The second-order valence-corrected chi connectivity index (χ2v) is 4.43. The second kappa shape index (κ2) is 4.03. The Labute approximate surface area is 110 Å². The molecule has 20 heavy (non-hydrogen) atoms. The SMILES string of the molecule is O=Nc1ccc2cccc3c2c1C(=O)N3CC(F)(F)F. The molecule has 1 aliphatic rings. The van der Waals surface area contributed by atoms with Gasteiger partial charge in [0.25, 0.3) is 5.91 Å². The van der Waals surface area contributed by atoms with Crippen molar-refractivity contribution in [2.24, 2.45) is 5.18 Å². The third kappa shape index (κ3) is 1.74. The molecule has 0 radical (unpaired) electrons. The maximum Gasteiger partial charge on any atom is 0.406 e. The number of halogens is 3. The summed E-state index contributed by atoms with van der Waals surface area (Å²) in [5.74, 6) is -0.844. The van der Waals surface area contributed by atoms with E-state index in [9.17, 15) is 22.9 Å². The number of nitrogens with zero attached hydrogens (tertiary/aromatic N) is 2. The molecule has 4 nitrogen and oxygen atoms in total. The van der Waals surface area contributed by atoms with E-state index in [1.807, 2.05) is 0 Å². The molecule has 0 spiro atoms. The van der Waals surface area contributed by atoms with E-state index in [0.29, 0.717) is 15.7 Å². The number of hydrogen-bond acceptors (Lipinski definition) is 3. The van der Waals surface area contributed by atoms with Crippen LogP contribution in [0.2, 0.25) is 0 Å². The molecule has 0 saturated heterocycles. The first-order valence-corrected chi connectivity index (χ1v) is 5.70. The summed E-state index contributed by atoms with van der Waals surface area (Å²) >= 11 is 0. The van der Waals surface area contributed by atoms with Crippen molar-refractivity contribution in [3.63, 3.8) is 0 Å². The normalized spacial score (nSPS) is 14.2. The van der Waals surface area contributed by atoms with Crippen LogP contribution in [-0.4, -0.2) is 18.6 Å². The molecule has 2 aromatic carbocycles. The van der Waals surface area contributed by atoms with Crippen LogP contribution in [0.3, 0.4) is 0 Å². The van der Waals surface area contributed by atoms with Crippen molar-refractivity contribution < 1.29 is 18.0 Å². The van der Waals surface area contributed by atoms with Crippen LogP contribution in [0.4, 0.5) is 24.5 Å². The average molecular weight is 280 g/mol. The molecule has 0 aromatic heterocycles. The maximum absolute atomic E-state index is 12.6. The van der Waals surface area contributed by atoms with Gasteiger partial charge in [-0.1, -0.05) is 18.2 Å². The Balaban J connectivity index is 2.27. The van der Waals surface area contributed by atoms with E-state index >= 15 is 0 Å². The van der Waals surface area contributed by atoms with Crippen molar-refractivity contribution in [2.45, 2.75) is 6.18 Å². The standard InChI is InChI=1S/C13H7F3N2O2/c14-13(15,16)6-18-9-3-1-2-7-4-5-8(17-20)11(10(7)9)12(18)19/h1-5H,6H2. The predicted octanol–water partition coefficient (Wildman–Crippen LogP) is 3.76. The van der Waals surface area contributed by atoms with E-state index in [1.54, 1.807) is 18.2 Å². The Bertz CT molecular complexity index is 740. The Kier molecular flexibility index (Phi) is 2.53. The number of carbonyl (C=O) groups is 1. The minimum atomic E-state index is -4.52. The van der Waals surface area contributed by atoms with Crippen molar-refractivity contribution >= 4 is 28.1 Å². The Morgan fingerprint density at radius 2 is 1.90 bits per heavy atom. The summed E-state index contributed by atoms with van der Waals surface area (Å²) in [4.78, 5) is 23.5. The molecular weight excluding hydrogens is 273 g/mol. The molecule has 0 atom stereocenters. The van der Waals surface area contributed by atoms with E-state index in [1.165, 1.54) is 12.1 Å². The lowest BCUT2D eigenvalue weighted by molar-refractivity contribution is -0.118. The maximum atomic E-state index is 12.6. The summed E-state index contributed by atoms with van der Waals surface area (Å²) < 4.78 is 37.8. The molecule has 7 heteroatoms. The zero-order chi connectivity index (χ0) is 14.5. The highest BCUT2D eigenvalue weighted by Crippen LogP contribution is 2.42. The molecule has 0 fully saturated rings. The Morgan fingerprint density at radius 1 is 1.15 bits per heavy atom. The number of amides is 1. The number of carbonyl (C=O) groups excluding carboxylic acids is 1. The number of benzene rings is 2. The summed E-state index contributed by atoms with van der Waals surface area (Å²) in [6.45, 7) is -1.39. The molecule has 1 aliphatic heterocycles. The fourth-order valence-corrected chi connectivity index (χ4v) is 2.45. The first kappa shape index (κ1) is 12.6. The van der Waals surface area contributed by atoms with E-state index < -0.39 is 18.6 Å². The number of alkyl halides is 3. The number of hydrogen-bond donors (Lipinski definition) is 0. The van der Waals surface area contributed by atoms with Gasteiger partial charge in [0.2, 0.25) is 0 Å². The molecule has 0 aliphatic carbocycles. The molecule has 2 aromatic rings. The summed E-state index contributed by atoms with van der Waals surface area (Å²) in [7, 11) is 0. The fraction of sp³-hybridized carbons (Fsp3) is 0.154. The Hall–Kier alpha value is -2.44. The minimum absolute atomic E-state index is 0.0580. The monoisotopic (exact) mass is 280 g/mol. The lowest BCUT2D eigenvalue weighted by Crippen LogP contribution is -2.36. The first-order chi connectivity index (χ1) is 9.42. The van der Waals surface area contributed by atoms with Gasteiger partial charge < -0.3 is 0 Å². The van der Waals surface area contributed by atoms with Crippen LogP contribution >= 0.6 is 0 Å². The number of rotatable bonds is 2. The summed E-state index contributed by atoms with van der Waals surface area (Å²) in [6.07, 6.45) is -4.52. The minimum Gasteiger partial charge on any atom is -0.298 e. The van der Waals surface area contributed by atoms with Gasteiger partial charge >= 0.3 is 6.18 Å². The fourth-order valence-electron chi connectivity index (χ4n) is 2.45. The molecule has 0 saturated carbocycles. The van der Waals surface area contributed by atoms with Gasteiger partial charge in [-0.25, -0.2) is 0 Å². The van der Waals surface area contributed by atoms with Crippen LogP contribution in [0.5, 0.6) is 0 Å². The Morgan fingerprint density at radius 3 is 2.55 bits per heavy atom. The molecule has 0 N–H and O–H groups in total. The predicted molar refractivity (Wildman–Crippen MR) is 67.1 cm³/mol. The second-order valence-electron chi connectivity index (χ2n) is 4.43. The molecule has 3 rings (SSSR count). The molecule has 1 amide bonds. The topological polar surface area (TPSA) is 49.7 Å². The van der Waals surface area contributed by atoms with E-state index in [4.69, 9.17) is 0 Å². The number of anilines is 1. The van der Waals surface area contributed by atoms with Gasteiger partial charge in [0.15, 0.2) is 0 Å². The van der Waals surface area contributed by atoms with Gasteiger partial charge in [-0.2, -0.15) is 13.2 Å². The third-order valence-corrected chi connectivity index (χ3v) is 3.19. The molecule has 0 unspecified atom stereocenters. The van der Waals surface area contributed by atoms with Crippen molar-refractivity contribution in [3.05, 3.63) is 40.8 Å².